The van der Waals surface area contributed by atoms with Crippen LogP contribution in [0, 0.1) is 12.7 Å². The molecule has 1 aromatic carbocycles. The number of hydrogen-bond donors (Lipinski definition) is 2. The van der Waals surface area contributed by atoms with E-state index in [4.69, 9.17) is 5.73 Å². The molecule has 6 heteroatoms. The van der Waals surface area contributed by atoms with E-state index in [2.05, 4.69) is 4.72 Å². The summed E-state index contributed by atoms with van der Waals surface area (Å²) in [4.78, 5) is 0. The number of benzene rings is 1. The van der Waals surface area contributed by atoms with Crippen molar-refractivity contribution in [2.75, 3.05) is 17.0 Å². The van der Waals surface area contributed by atoms with E-state index in [1.54, 1.807) is 13.0 Å². The minimum atomic E-state index is -3.50. The largest absolute Gasteiger partial charge is 0.330 e. The smallest absolute Gasteiger partial charge is 0.232 e. The first-order chi connectivity index (χ1) is 7.44. The highest BCUT2D eigenvalue weighted by atomic mass is 32.2. The molecule has 0 radical (unpaired) electrons. The number of anilines is 1. The average Bonchev–Trinajstić information content (AvgIpc) is 2.19. The van der Waals surface area contributed by atoms with Gasteiger partial charge in [0.05, 0.1) is 11.4 Å². The van der Waals surface area contributed by atoms with E-state index in [1.165, 1.54) is 12.1 Å². The normalized spacial score (nSPS) is 11.4. The molecular formula is C10H15FN2O2S. The van der Waals surface area contributed by atoms with Crippen LogP contribution in [0.2, 0.25) is 0 Å². The van der Waals surface area contributed by atoms with Gasteiger partial charge in [0, 0.05) is 0 Å². The third-order valence-corrected chi connectivity index (χ3v) is 3.36. The van der Waals surface area contributed by atoms with Crippen molar-refractivity contribution in [3.05, 3.63) is 29.6 Å². The SMILES string of the molecule is Cc1ccc(NS(=O)(=O)CCCN)c(F)c1. The number of halogens is 1. The van der Waals surface area contributed by atoms with Crippen molar-refractivity contribution < 1.29 is 12.8 Å². The van der Waals surface area contributed by atoms with Gasteiger partial charge in [0.15, 0.2) is 0 Å². The van der Waals surface area contributed by atoms with Crippen LogP contribution in [0.1, 0.15) is 12.0 Å². The highest BCUT2D eigenvalue weighted by Gasteiger charge is 2.12. The van der Waals surface area contributed by atoms with E-state index in [9.17, 15) is 12.8 Å². The number of nitrogens with two attached hydrogens (primary N) is 1. The van der Waals surface area contributed by atoms with Crippen LogP contribution in [-0.4, -0.2) is 20.7 Å². The molecule has 0 atom stereocenters. The van der Waals surface area contributed by atoms with Crippen molar-refractivity contribution in [1.82, 2.24) is 0 Å². The monoisotopic (exact) mass is 246 g/mol. The zero-order valence-electron chi connectivity index (χ0n) is 9.03. The second-order valence-corrected chi connectivity index (χ2v) is 5.39. The Kier molecular flexibility index (Phi) is 4.26. The molecule has 3 N–H and O–H groups in total. The van der Waals surface area contributed by atoms with Crippen LogP contribution < -0.4 is 10.5 Å². The fraction of sp³-hybridized carbons (Fsp3) is 0.400. The maximum absolute atomic E-state index is 13.4. The van der Waals surface area contributed by atoms with E-state index < -0.39 is 15.8 Å². The fourth-order valence-corrected chi connectivity index (χ4v) is 2.34. The lowest BCUT2D eigenvalue weighted by molar-refractivity contribution is 0.596. The van der Waals surface area contributed by atoms with Gasteiger partial charge in [-0.1, -0.05) is 6.07 Å². The van der Waals surface area contributed by atoms with Crippen LogP contribution in [0.25, 0.3) is 0 Å². The van der Waals surface area contributed by atoms with Crippen LogP contribution in [0.5, 0.6) is 0 Å². The summed E-state index contributed by atoms with van der Waals surface area (Å²) in [6.07, 6.45) is 0.350. The summed E-state index contributed by atoms with van der Waals surface area (Å²) in [5.41, 5.74) is 5.93. The van der Waals surface area contributed by atoms with Crippen LogP contribution in [0.3, 0.4) is 0 Å². The van der Waals surface area contributed by atoms with E-state index in [-0.39, 0.29) is 18.0 Å². The summed E-state index contributed by atoms with van der Waals surface area (Å²) in [7, 11) is -3.50. The Balaban J connectivity index is 2.80. The maximum atomic E-state index is 13.4. The molecule has 0 spiro atoms. The summed E-state index contributed by atoms with van der Waals surface area (Å²) >= 11 is 0. The highest BCUT2D eigenvalue weighted by Crippen LogP contribution is 2.16. The maximum Gasteiger partial charge on any atom is 0.232 e. The Hall–Kier alpha value is -1.14. The van der Waals surface area contributed by atoms with Crippen molar-refractivity contribution in [1.29, 1.82) is 0 Å². The number of aryl methyl sites for hydroxylation is 1. The van der Waals surface area contributed by atoms with Gasteiger partial charge in [-0.25, -0.2) is 12.8 Å². The zero-order chi connectivity index (χ0) is 12.2. The van der Waals surface area contributed by atoms with Gasteiger partial charge in [-0.2, -0.15) is 0 Å². The van der Waals surface area contributed by atoms with E-state index >= 15 is 0 Å². The predicted octanol–water partition coefficient (Wildman–Crippen LogP) is 1.22. The standard InChI is InChI=1S/C10H15FN2O2S/c1-8-3-4-10(9(11)7-8)13-16(14,15)6-2-5-12/h3-4,7,13H,2,5-6,12H2,1H3. The predicted molar refractivity (Wildman–Crippen MR) is 62.2 cm³/mol. The van der Waals surface area contributed by atoms with Crippen molar-refractivity contribution in [3.8, 4) is 0 Å². The lowest BCUT2D eigenvalue weighted by atomic mass is 10.2. The fourth-order valence-electron chi connectivity index (χ4n) is 1.19. The minimum absolute atomic E-state index is 0.0254. The third kappa shape index (κ3) is 3.79. The molecular weight excluding hydrogens is 231 g/mol. The average molecular weight is 246 g/mol. The van der Waals surface area contributed by atoms with Gasteiger partial charge in [0.25, 0.3) is 0 Å². The van der Waals surface area contributed by atoms with Gasteiger partial charge in [0.1, 0.15) is 5.82 Å². The van der Waals surface area contributed by atoms with Crippen LogP contribution in [0.15, 0.2) is 18.2 Å². The van der Waals surface area contributed by atoms with Crippen molar-refractivity contribution in [3.63, 3.8) is 0 Å². The minimum Gasteiger partial charge on any atom is -0.330 e. The summed E-state index contributed by atoms with van der Waals surface area (Å²) < 4.78 is 38.5. The first-order valence-electron chi connectivity index (χ1n) is 4.91. The molecule has 0 heterocycles. The first kappa shape index (κ1) is 12.9. The molecule has 0 aliphatic heterocycles. The zero-order valence-corrected chi connectivity index (χ0v) is 9.85. The molecule has 0 saturated heterocycles. The van der Waals surface area contributed by atoms with Gasteiger partial charge in [-0.05, 0) is 37.6 Å². The first-order valence-corrected chi connectivity index (χ1v) is 6.56. The molecule has 0 bridgehead atoms. The molecule has 0 amide bonds. The Labute approximate surface area is 94.7 Å². The summed E-state index contributed by atoms with van der Waals surface area (Å²) in [6.45, 7) is 2.02. The number of rotatable bonds is 5. The van der Waals surface area contributed by atoms with Crippen LogP contribution in [-0.2, 0) is 10.0 Å². The topological polar surface area (TPSA) is 72.2 Å². The molecule has 0 saturated carbocycles. The number of sulfonamides is 1. The molecule has 0 aliphatic carbocycles. The number of hydrogen-bond acceptors (Lipinski definition) is 3. The molecule has 0 fully saturated rings. The van der Waals surface area contributed by atoms with Gasteiger partial charge in [-0.3, -0.25) is 4.72 Å². The molecule has 0 aliphatic rings. The van der Waals surface area contributed by atoms with Crippen LogP contribution >= 0.6 is 0 Å². The van der Waals surface area contributed by atoms with Crippen LogP contribution in [0.4, 0.5) is 10.1 Å². The second kappa shape index (κ2) is 5.27. The quantitative estimate of drug-likeness (QED) is 0.820. The van der Waals surface area contributed by atoms with E-state index in [0.29, 0.717) is 6.42 Å². The Morgan fingerprint density at radius 3 is 2.69 bits per heavy atom. The Morgan fingerprint density at radius 2 is 2.12 bits per heavy atom. The van der Waals surface area contributed by atoms with Crippen molar-refractivity contribution in [2.45, 2.75) is 13.3 Å². The Morgan fingerprint density at radius 1 is 1.44 bits per heavy atom. The molecule has 0 aromatic heterocycles. The van der Waals surface area contributed by atoms with Gasteiger partial charge >= 0.3 is 0 Å². The van der Waals surface area contributed by atoms with Gasteiger partial charge < -0.3 is 5.73 Å². The van der Waals surface area contributed by atoms with Gasteiger partial charge in [0.2, 0.25) is 10.0 Å². The highest BCUT2D eigenvalue weighted by molar-refractivity contribution is 7.92. The van der Waals surface area contributed by atoms with E-state index in [0.717, 1.165) is 5.56 Å². The summed E-state index contributed by atoms with van der Waals surface area (Å²) in [6, 6.07) is 4.33. The molecule has 90 valence electrons. The lowest BCUT2D eigenvalue weighted by Gasteiger charge is -2.08. The molecule has 1 aromatic rings. The third-order valence-electron chi connectivity index (χ3n) is 2.01. The van der Waals surface area contributed by atoms with Crippen molar-refractivity contribution >= 4 is 15.7 Å². The lowest BCUT2D eigenvalue weighted by Crippen LogP contribution is -2.19. The summed E-state index contributed by atoms with van der Waals surface area (Å²) in [5, 5.41) is 0. The summed E-state index contributed by atoms with van der Waals surface area (Å²) in [5.74, 6) is -0.673. The molecule has 1 rings (SSSR count). The Bertz CT molecular complexity index is 460. The molecule has 4 nitrogen and oxygen atoms in total. The molecule has 16 heavy (non-hydrogen) atoms. The second-order valence-electron chi connectivity index (χ2n) is 3.55. The molecule has 0 unspecified atom stereocenters. The van der Waals surface area contributed by atoms with Gasteiger partial charge in [-0.15, -0.1) is 0 Å². The van der Waals surface area contributed by atoms with E-state index in [1.807, 2.05) is 0 Å². The number of nitrogens with one attached hydrogen (secondary N) is 1. The van der Waals surface area contributed by atoms with Crippen molar-refractivity contribution in [2.24, 2.45) is 5.73 Å².